The van der Waals surface area contributed by atoms with Crippen molar-refractivity contribution in [3.05, 3.63) is 23.2 Å². The quantitative estimate of drug-likeness (QED) is 0.620. The molecule has 0 saturated carbocycles. The van der Waals surface area contributed by atoms with E-state index >= 15 is 0 Å². The summed E-state index contributed by atoms with van der Waals surface area (Å²) < 4.78 is 2.87. The van der Waals surface area contributed by atoms with Gasteiger partial charge in [-0.3, -0.25) is 4.79 Å². The minimum atomic E-state index is -0.256. The molecule has 1 N–H and O–H groups in total. The summed E-state index contributed by atoms with van der Waals surface area (Å²) in [6.07, 6.45) is 3.60. The smallest absolute Gasteiger partial charge is 0.242 e. The van der Waals surface area contributed by atoms with Crippen LogP contribution in [0.3, 0.4) is 0 Å². The number of carbonyl (C=O) groups is 1. The van der Waals surface area contributed by atoms with Crippen molar-refractivity contribution in [3.63, 3.8) is 0 Å². The molecule has 0 aliphatic carbocycles. The van der Waals surface area contributed by atoms with Crippen molar-refractivity contribution in [2.24, 2.45) is 0 Å². The van der Waals surface area contributed by atoms with Crippen LogP contribution < -0.4 is 5.32 Å². The van der Waals surface area contributed by atoms with Crippen molar-refractivity contribution >= 4 is 29.0 Å². The number of imidazole rings is 1. The van der Waals surface area contributed by atoms with Gasteiger partial charge in [0.25, 0.3) is 0 Å². The number of rotatable bonds is 7. The van der Waals surface area contributed by atoms with Gasteiger partial charge in [-0.15, -0.1) is 10.2 Å². The summed E-state index contributed by atoms with van der Waals surface area (Å²) in [5.74, 6) is 2.02. The van der Waals surface area contributed by atoms with Crippen LogP contribution in [0, 0.1) is 6.92 Å². The lowest BCUT2D eigenvalue weighted by Crippen LogP contribution is -2.33. The molecule has 2 rings (SSSR count). The van der Waals surface area contributed by atoms with E-state index in [9.17, 15) is 4.79 Å². The van der Waals surface area contributed by atoms with E-state index in [-0.39, 0.29) is 11.9 Å². The first kappa shape index (κ1) is 17.0. The fourth-order valence-corrected chi connectivity index (χ4v) is 3.76. The molecular formula is C14H21N5OS2. The Morgan fingerprint density at radius 2 is 2.18 bits per heavy atom. The average Bonchev–Trinajstić information content (AvgIpc) is 3.11. The Balaban J connectivity index is 1.80. The third kappa shape index (κ3) is 4.30. The van der Waals surface area contributed by atoms with Gasteiger partial charge in [0.05, 0.1) is 0 Å². The molecule has 6 nitrogen and oxygen atoms in total. The zero-order valence-corrected chi connectivity index (χ0v) is 14.9. The van der Waals surface area contributed by atoms with Gasteiger partial charge in [0.15, 0.2) is 4.34 Å². The topological polar surface area (TPSA) is 72.7 Å². The van der Waals surface area contributed by atoms with Crippen molar-refractivity contribution < 1.29 is 4.79 Å². The molecule has 2 heterocycles. The van der Waals surface area contributed by atoms with Crippen LogP contribution in [0.2, 0.25) is 0 Å². The Hall–Kier alpha value is -1.41. The highest BCUT2D eigenvalue weighted by Crippen LogP contribution is 2.21. The normalized spacial score (nSPS) is 12.6. The molecule has 2 aromatic rings. The van der Waals surface area contributed by atoms with E-state index in [0.717, 1.165) is 20.9 Å². The van der Waals surface area contributed by atoms with E-state index < -0.39 is 0 Å². The van der Waals surface area contributed by atoms with Crippen LogP contribution in [-0.2, 0) is 4.79 Å². The molecule has 2 aromatic heterocycles. The summed E-state index contributed by atoms with van der Waals surface area (Å²) in [7, 11) is 0. The van der Waals surface area contributed by atoms with E-state index in [1.54, 1.807) is 29.3 Å². The molecule has 0 bridgehead atoms. The molecule has 1 atom stereocenters. The highest BCUT2D eigenvalue weighted by molar-refractivity contribution is 8.01. The summed E-state index contributed by atoms with van der Waals surface area (Å²) >= 11 is 3.18. The number of nitrogens with zero attached hydrogens (tertiary/aromatic N) is 4. The number of aryl methyl sites for hydroxylation is 1. The average molecular weight is 339 g/mol. The predicted molar refractivity (Wildman–Crippen MR) is 89.4 cm³/mol. The molecule has 8 heteroatoms. The van der Waals surface area contributed by atoms with Gasteiger partial charge < -0.3 is 9.88 Å². The van der Waals surface area contributed by atoms with E-state index in [1.807, 2.05) is 24.6 Å². The third-order valence-electron chi connectivity index (χ3n) is 3.15. The van der Waals surface area contributed by atoms with E-state index in [1.165, 1.54) is 0 Å². The Labute approximate surface area is 138 Å². The molecule has 0 aliphatic heterocycles. The van der Waals surface area contributed by atoms with Crippen molar-refractivity contribution in [2.45, 2.75) is 44.0 Å². The number of carbonyl (C=O) groups excluding carboxylic acids is 1. The lowest BCUT2D eigenvalue weighted by molar-refractivity contribution is -0.123. The highest BCUT2D eigenvalue weighted by atomic mass is 32.2. The first-order valence-corrected chi connectivity index (χ1v) is 9.02. The van der Waals surface area contributed by atoms with Gasteiger partial charge in [-0.1, -0.05) is 36.9 Å². The molecule has 0 aliphatic rings. The van der Waals surface area contributed by atoms with Gasteiger partial charge in [-0.2, -0.15) is 0 Å². The molecule has 1 unspecified atom stereocenters. The summed E-state index contributed by atoms with van der Waals surface area (Å²) in [5.41, 5.74) is 0. The van der Waals surface area contributed by atoms with E-state index in [0.29, 0.717) is 12.5 Å². The maximum absolute atomic E-state index is 12.2. The summed E-state index contributed by atoms with van der Waals surface area (Å²) in [5, 5.41) is 11.9. The zero-order valence-electron chi connectivity index (χ0n) is 13.2. The monoisotopic (exact) mass is 339 g/mol. The number of hydrogen-bond donors (Lipinski definition) is 1. The van der Waals surface area contributed by atoms with Gasteiger partial charge >= 0.3 is 0 Å². The number of amides is 1. The summed E-state index contributed by atoms with van der Waals surface area (Å²) in [6, 6.07) is -0.256. The first-order valence-electron chi connectivity index (χ1n) is 7.22. The molecule has 0 radical (unpaired) electrons. The van der Waals surface area contributed by atoms with Gasteiger partial charge in [0.1, 0.15) is 16.9 Å². The second-order valence-electron chi connectivity index (χ2n) is 5.25. The third-order valence-corrected chi connectivity index (χ3v) is 5.12. The molecule has 0 fully saturated rings. The van der Waals surface area contributed by atoms with Gasteiger partial charge in [0, 0.05) is 30.6 Å². The molecule has 120 valence electrons. The SMILES string of the molecule is Cc1nnc(SCCNC(=O)C(C)n2ccnc2C(C)C)s1. The highest BCUT2D eigenvalue weighted by Gasteiger charge is 2.18. The number of thioether (sulfide) groups is 1. The summed E-state index contributed by atoms with van der Waals surface area (Å²) in [4.78, 5) is 16.6. The van der Waals surface area contributed by atoms with Gasteiger partial charge in [-0.25, -0.2) is 4.98 Å². The Kier molecular flexibility index (Phi) is 5.96. The maximum Gasteiger partial charge on any atom is 0.242 e. The van der Waals surface area contributed by atoms with Crippen molar-refractivity contribution in [1.29, 1.82) is 0 Å². The molecule has 0 aromatic carbocycles. The van der Waals surface area contributed by atoms with Gasteiger partial charge in [0.2, 0.25) is 5.91 Å². The first-order chi connectivity index (χ1) is 10.5. The zero-order chi connectivity index (χ0) is 16.1. The molecule has 1 amide bonds. The molecule has 0 saturated heterocycles. The fourth-order valence-electron chi connectivity index (χ4n) is 2.02. The van der Waals surface area contributed by atoms with Crippen LogP contribution in [0.5, 0.6) is 0 Å². The van der Waals surface area contributed by atoms with Crippen LogP contribution in [0.4, 0.5) is 0 Å². The minimum absolute atomic E-state index is 0.00828. The number of hydrogen-bond acceptors (Lipinski definition) is 6. The fraction of sp³-hybridized carbons (Fsp3) is 0.571. The number of nitrogens with one attached hydrogen (secondary N) is 1. The lowest BCUT2D eigenvalue weighted by atomic mass is 10.2. The van der Waals surface area contributed by atoms with Crippen LogP contribution in [0.25, 0.3) is 0 Å². The minimum Gasteiger partial charge on any atom is -0.353 e. The second-order valence-corrected chi connectivity index (χ2v) is 7.77. The Morgan fingerprint density at radius 3 is 2.82 bits per heavy atom. The van der Waals surface area contributed by atoms with Crippen LogP contribution >= 0.6 is 23.1 Å². The summed E-state index contributed by atoms with van der Waals surface area (Å²) in [6.45, 7) is 8.58. The van der Waals surface area contributed by atoms with Crippen molar-refractivity contribution in [2.75, 3.05) is 12.3 Å². The molecule has 22 heavy (non-hydrogen) atoms. The van der Waals surface area contributed by atoms with Crippen LogP contribution in [0.1, 0.15) is 43.6 Å². The second kappa shape index (κ2) is 7.73. The van der Waals surface area contributed by atoms with E-state index in [2.05, 4.69) is 34.3 Å². The van der Waals surface area contributed by atoms with Crippen LogP contribution in [-0.4, -0.2) is 38.0 Å². The van der Waals surface area contributed by atoms with Crippen molar-refractivity contribution in [1.82, 2.24) is 25.1 Å². The largest absolute Gasteiger partial charge is 0.353 e. The Bertz CT molecular complexity index is 622. The van der Waals surface area contributed by atoms with Crippen molar-refractivity contribution in [3.8, 4) is 0 Å². The van der Waals surface area contributed by atoms with Gasteiger partial charge in [-0.05, 0) is 13.8 Å². The standard InChI is InChI=1S/C14H21N5OS2/c1-9(2)12-15-5-7-19(12)10(3)13(20)16-6-8-21-14-18-17-11(4)22-14/h5,7,9-10H,6,8H2,1-4H3,(H,16,20). The van der Waals surface area contributed by atoms with Crippen LogP contribution in [0.15, 0.2) is 16.7 Å². The predicted octanol–water partition coefficient (Wildman–Crippen LogP) is 2.64. The maximum atomic E-state index is 12.2. The van der Waals surface area contributed by atoms with E-state index in [4.69, 9.17) is 0 Å². The lowest BCUT2D eigenvalue weighted by Gasteiger charge is -2.17. The molecule has 0 spiro atoms. The number of aromatic nitrogens is 4. The Morgan fingerprint density at radius 1 is 1.41 bits per heavy atom. The molecular weight excluding hydrogens is 318 g/mol.